The standard InChI is InChI=1S/C20H14N2O2S/c21-13-16-11-12-17(14-7-3-1-4-8-14)22-19(16)25-18(20(23)24)15-9-5-2-6-10-15/h1-12,18H,(H,23,24)/t18-/m1/s1. The minimum Gasteiger partial charge on any atom is -0.480 e. The van der Waals surface area contributed by atoms with Crippen molar-refractivity contribution in [3.05, 3.63) is 83.9 Å². The largest absolute Gasteiger partial charge is 0.480 e. The summed E-state index contributed by atoms with van der Waals surface area (Å²) in [6.45, 7) is 0. The molecule has 0 saturated carbocycles. The molecule has 1 heterocycles. The maximum Gasteiger partial charge on any atom is 0.321 e. The molecule has 5 heteroatoms. The van der Waals surface area contributed by atoms with Gasteiger partial charge in [-0.3, -0.25) is 4.79 Å². The molecule has 4 nitrogen and oxygen atoms in total. The van der Waals surface area contributed by atoms with E-state index in [4.69, 9.17) is 0 Å². The molecule has 1 N–H and O–H groups in total. The van der Waals surface area contributed by atoms with Gasteiger partial charge in [-0.05, 0) is 17.7 Å². The fourth-order valence-corrected chi connectivity index (χ4v) is 3.39. The van der Waals surface area contributed by atoms with Crippen LogP contribution in [0.25, 0.3) is 11.3 Å². The zero-order valence-electron chi connectivity index (χ0n) is 13.2. The Labute approximate surface area is 149 Å². The van der Waals surface area contributed by atoms with E-state index in [2.05, 4.69) is 11.1 Å². The number of pyridine rings is 1. The van der Waals surface area contributed by atoms with Crippen molar-refractivity contribution < 1.29 is 9.90 Å². The third-order valence-corrected chi connectivity index (χ3v) is 4.85. The van der Waals surface area contributed by atoms with Crippen LogP contribution < -0.4 is 0 Å². The second kappa shape index (κ2) is 7.65. The molecule has 0 saturated heterocycles. The second-order valence-electron chi connectivity index (χ2n) is 5.27. The van der Waals surface area contributed by atoms with Crippen LogP contribution in [0.1, 0.15) is 16.4 Å². The highest BCUT2D eigenvalue weighted by atomic mass is 32.2. The Kier molecular flexibility index (Phi) is 5.12. The normalized spacial score (nSPS) is 11.5. The van der Waals surface area contributed by atoms with E-state index in [1.165, 1.54) is 0 Å². The summed E-state index contributed by atoms with van der Waals surface area (Å²) in [7, 11) is 0. The van der Waals surface area contributed by atoms with E-state index in [1.807, 2.05) is 36.4 Å². The van der Waals surface area contributed by atoms with Gasteiger partial charge in [-0.2, -0.15) is 5.26 Å². The molecule has 0 aliphatic heterocycles. The van der Waals surface area contributed by atoms with Crippen molar-refractivity contribution in [3.63, 3.8) is 0 Å². The zero-order valence-corrected chi connectivity index (χ0v) is 14.0. The maximum atomic E-state index is 11.7. The fourth-order valence-electron chi connectivity index (χ4n) is 2.39. The maximum absolute atomic E-state index is 11.7. The molecule has 0 amide bonds. The molecule has 0 spiro atoms. The highest BCUT2D eigenvalue weighted by Crippen LogP contribution is 2.37. The SMILES string of the molecule is N#Cc1ccc(-c2ccccc2)nc1S[C@@H](C(=O)O)c1ccccc1. The van der Waals surface area contributed by atoms with E-state index in [0.29, 0.717) is 21.8 Å². The van der Waals surface area contributed by atoms with Crippen LogP contribution in [0, 0.1) is 11.3 Å². The van der Waals surface area contributed by atoms with Gasteiger partial charge in [0.2, 0.25) is 0 Å². The second-order valence-corrected chi connectivity index (χ2v) is 6.37. The number of hydrogen-bond acceptors (Lipinski definition) is 4. The number of thioether (sulfide) groups is 1. The number of nitriles is 1. The first kappa shape index (κ1) is 16.7. The van der Waals surface area contributed by atoms with Gasteiger partial charge < -0.3 is 5.11 Å². The van der Waals surface area contributed by atoms with Gasteiger partial charge in [-0.15, -0.1) is 0 Å². The highest BCUT2D eigenvalue weighted by molar-refractivity contribution is 8.00. The predicted octanol–water partition coefficient (Wildman–Crippen LogP) is 4.54. The summed E-state index contributed by atoms with van der Waals surface area (Å²) in [6.07, 6.45) is 0. The van der Waals surface area contributed by atoms with Crippen LogP contribution in [-0.4, -0.2) is 16.1 Å². The molecular formula is C20H14N2O2S. The topological polar surface area (TPSA) is 74.0 Å². The Hall–Kier alpha value is -3.10. The van der Waals surface area contributed by atoms with Gasteiger partial charge in [-0.25, -0.2) is 4.98 Å². The number of aliphatic carboxylic acids is 1. The molecule has 25 heavy (non-hydrogen) atoms. The summed E-state index contributed by atoms with van der Waals surface area (Å²) < 4.78 is 0. The Morgan fingerprint density at radius 3 is 2.24 bits per heavy atom. The summed E-state index contributed by atoms with van der Waals surface area (Å²) in [4.78, 5) is 16.3. The zero-order chi connectivity index (χ0) is 17.6. The molecule has 0 aliphatic carbocycles. The Bertz CT molecular complexity index is 921. The molecule has 122 valence electrons. The van der Waals surface area contributed by atoms with Crippen molar-refractivity contribution >= 4 is 17.7 Å². The number of carbonyl (C=O) groups is 1. The monoisotopic (exact) mass is 346 g/mol. The summed E-state index contributed by atoms with van der Waals surface area (Å²) in [5, 5.41) is 18.5. The van der Waals surface area contributed by atoms with Crippen LogP contribution in [0.2, 0.25) is 0 Å². The van der Waals surface area contributed by atoms with Gasteiger partial charge >= 0.3 is 5.97 Å². The molecule has 0 aliphatic rings. The van der Waals surface area contributed by atoms with E-state index < -0.39 is 11.2 Å². The van der Waals surface area contributed by atoms with Gasteiger partial charge in [-0.1, -0.05) is 72.4 Å². The molecule has 0 bridgehead atoms. The van der Waals surface area contributed by atoms with E-state index in [-0.39, 0.29) is 0 Å². The lowest BCUT2D eigenvalue weighted by Gasteiger charge is -2.13. The van der Waals surface area contributed by atoms with Crippen molar-refractivity contribution in [2.45, 2.75) is 10.3 Å². The number of carboxylic acids is 1. The van der Waals surface area contributed by atoms with Crippen molar-refractivity contribution in [1.29, 1.82) is 5.26 Å². The molecule has 3 aromatic rings. The first-order valence-electron chi connectivity index (χ1n) is 7.60. The van der Waals surface area contributed by atoms with Crippen LogP contribution in [0.3, 0.4) is 0 Å². The lowest BCUT2D eigenvalue weighted by Crippen LogP contribution is -2.08. The predicted molar refractivity (Wildman–Crippen MR) is 97.1 cm³/mol. The van der Waals surface area contributed by atoms with Crippen molar-refractivity contribution in [1.82, 2.24) is 4.98 Å². The van der Waals surface area contributed by atoms with Crippen molar-refractivity contribution in [2.24, 2.45) is 0 Å². The highest BCUT2D eigenvalue weighted by Gasteiger charge is 2.23. The smallest absolute Gasteiger partial charge is 0.321 e. The lowest BCUT2D eigenvalue weighted by atomic mass is 10.1. The van der Waals surface area contributed by atoms with E-state index in [0.717, 1.165) is 17.3 Å². The first-order valence-corrected chi connectivity index (χ1v) is 8.48. The van der Waals surface area contributed by atoms with Gasteiger partial charge in [0.05, 0.1) is 11.3 Å². The minimum atomic E-state index is -0.966. The van der Waals surface area contributed by atoms with Crippen LogP contribution in [-0.2, 0) is 4.79 Å². The van der Waals surface area contributed by atoms with Gasteiger partial charge in [0, 0.05) is 5.56 Å². The molecule has 0 radical (unpaired) electrons. The summed E-state index contributed by atoms with van der Waals surface area (Å²) in [5.41, 5.74) is 2.65. The average Bonchev–Trinajstić information content (AvgIpc) is 2.67. The Morgan fingerprint density at radius 1 is 1.00 bits per heavy atom. The van der Waals surface area contributed by atoms with Crippen LogP contribution >= 0.6 is 11.8 Å². The molecule has 0 unspecified atom stereocenters. The number of hydrogen-bond donors (Lipinski definition) is 1. The van der Waals surface area contributed by atoms with Crippen LogP contribution in [0.5, 0.6) is 0 Å². The number of carboxylic acid groups (broad SMARTS) is 1. The van der Waals surface area contributed by atoms with E-state index in [1.54, 1.807) is 36.4 Å². The van der Waals surface area contributed by atoms with E-state index >= 15 is 0 Å². The van der Waals surface area contributed by atoms with Crippen LogP contribution in [0.4, 0.5) is 0 Å². The fraction of sp³-hybridized carbons (Fsp3) is 0.0500. The number of rotatable bonds is 5. The number of aromatic nitrogens is 1. The quantitative estimate of drug-likeness (QED) is 0.687. The third-order valence-electron chi connectivity index (χ3n) is 3.61. The lowest BCUT2D eigenvalue weighted by molar-refractivity contribution is -0.136. The van der Waals surface area contributed by atoms with E-state index in [9.17, 15) is 15.2 Å². The third kappa shape index (κ3) is 3.87. The first-order chi connectivity index (χ1) is 12.2. The molecular weight excluding hydrogens is 332 g/mol. The summed E-state index contributed by atoms with van der Waals surface area (Å²) >= 11 is 1.08. The molecule has 3 rings (SSSR count). The van der Waals surface area contributed by atoms with Crippen molar-refractivity contribution in [3.8, 4) is 17.3 Å². The summed E-state index contributed by atoms with van der Waals surface area (Å²) in [6, 6.07) is 24.1. The van der Waals surface area contributed by atoms with Gasteiger partial charge in [0.25, 0.3) is 0 Å². The summed E-state index contributed by atoms with van der Waals surface area (Å²) in [5.74, 6) is -0.966. The van der Waals surface area contributed by atoms with Gasteiger partial charge in [0.15, 0.2) is 0 Å². The number of nitrogens with zero attached hydrogens (tertiary/aromatic N) is 2. The molecule has 1 atom stereocenters. The molecule has 0 fully saturated rings. The molecule has 1 aromatic heterocycles. The average molecular weight is 346 g/mol. The Balaban J connectivity index is 2.00. The van der Waals surface area contributed by atoms with Crippen LogP contribution in [0.15, 0.2) is 77.8 Å². The minimum absolute atomic E-state index is 0.367. The van der Waals surface area contributed by atoms with Gasteiger partial charge in [0.1, 0.15) is 16.3 Å². The number of benzene rings is 2. The molecule has 2 aromatic carbocycles. The Morgan fingerprint density at radius 2 is 1.64 bits per heavy atom. The van der Waals surface area contributed by atoms with Crippen molar-refractivity contribution in [2.75, 3.05) is 0 Å².